The van der Waals surface area contributed by atoms with E-state index in [9.17, 15) is 24.2 Å². The number of benzene rings is 1. The Morgan fingerprint density at radius 3 is 2.74 bits per heavy atom. The molecule has 35 heavy (non-hydrogen) atoms. The van der Waals surface area contributed by atoms with Crippen molar-refractivity contribution in [1.82, 2.24) is 14.8 Å². The van der Waals surface area contributed by atoms with E-state index in [1.807, 2.05) is 6.92 Å². The van der Waals surface area contributed by atoms with Gasteiger partial charge in [-0.1, -0.05) is 30.9 Å². The number of amides is 2. The molecule has 0 unspecified atom stereocenters. The Kier molecular flexibility index (Phi) is 8.43. The molecule has 1 aliphatic rings. The summed E-state index contributed by atoms with van der Waals surface area (Å²) in [4.78, 5) is 33.5. The number of hydrogen-bond donors (Lipinski definition) is 2. The zero-order valence-corrected chi connectivity index (χ0v) is 20.2. The highest BCUT2D eigenvalue weighted by atomic mass is 19.1. The van der Waals surface area contributed by atoms with Gasteiger partial charge < -0.3 is 24.7 Å². The molecule has 0 saturated heterocycles. The average Bonchev–Trinajstić information content (AvgIpc) is 2.84. The summed E-state index contributed by atoms with van der Waals surface area (Å²) in [7, 11) is 1.56. The van der Waals surface area contributed by atoms with Crippen molar-refractivity contribution in [2.75, 3.05) is 26.7 Å². The fourth-order valence-corrected chi connectivity index (χ4v) is 3.77. The van der Waals surface area contributed by atoms with Crippen LogP contribution in [0.3, 0.4) is 0 Å². The van der Waals surface area contributed by atoms with Crippen LogP contribution in [0, 0.1) is 23.6 Å². The number of pyridine rings is 1. The largest absolute Gasteiger partial charge is 0.472 e. The normalized spacial score (nSPS) is 19.3. The number of aromatic nitrogens is 1. The molecule has 3 rings (SSSR count). The quantitative estimate of drug-likeness (QED) is 0.631. The highest BCUT2D eigenvalue weighted by molar-refractivity contribution is 5.97. The first kappa shape index (κ1) is 26.1. The number of aliphatic hydroxyl groups excluding tert-OH is 2. The molecule has 2 aromatic rings. The molecule has 2 heterocycles. The zero-order chi connectivity index (χ0) is 25.7. The maximum atomic E-state index is 14.2. The first-order valence-electron chi connectivity index (χ1n) is 11.4. The second kappa shape index (κ2) is 11.3. The van der Waals surface area contributed by atoms with Crippen molar-refractivity contribution in [3.8, 4) is 17.7 Å². The third kappa shape index (κ3) is 6.15. The highest BCUT2D eigenvalue weighted by Gasteiger charge is 2.35. The Morgan fingerprint density at radius 2 is 2.09 bits per heavy atom. The minimum Gasteiger partial charge on any atom is -0.472 e. The predicted octanol–water partition coefficient (Wildman–Crippen LogP) is 1.95. The van der Waals surface area contributed by atoms with Gasteiger partial charge >= 0.3 is 0 Å². The molecule has 9 heteroatoms. The topological polar surface area (TPSA) is 103 Å². The van der Waals surface area contributed by atoms with E-state index in [4.69, 9.17) is 4.74 Å². The SMILES string of the molecule is C[C@H](O)C#Cc1cnc2c(c1)C(=O)N([C@H](C)CO)C[C@H](C)[C@H](CN(C)C(=O)c1ccccc1F)O2. The molecule has 1 aromatic heterocycles. The lowest BCUT2D eigenvalue weighted by Crippen LogP contribution is -2.50. The number of fused-ring (bicyclic) bond motifs is 1. The second-order valence-corrected chi connectivity index (χ2v) is 8.81. The van der Waals surface area contributed by atoms with Gasteiger partial charge in [0, 0.05) is 31.3 Å². The molecule has 0 aliphatic carbocycles. The van der Waals surface area contributed by atoms with Crippen LogP contribution in [0.2, 0.25) is 0 Å². The lowest BCUT2D eigenvalue weighted by atomic mass is 9.99. The standard InChI is InChI=1S/C26H30FN3O5/c1-16-13-30(17(2)15-31)26(34)21-11-19(10-9-18(3)32)12-28-24(21)35-23(16)14-29(4)25(33)20-7-5-6-8-22(20)27/h5-8,11-12,16-18,23,31-32H,13-15H2,1-4H3/t16-,17+,18-,23-/m0/s1. The van der Waals surface area contributed by atoms with Crippen LogP contribution < -0.4 is 4.74 Å². The lowest BCUT2D eigenvalue weighted by Gasteiger charge is -2.37. The van der Waals surface area contributed by atoms with Crippen molar-refractivity contribution in [2.24, 2.45) is 5.92 Å². The summed E-state index contributed by atoms with van der Waals surface area (Å²) in [5, 5.41) is 19.2. The van der Waals surface area contributed by atoms with E-state index in [1.165, 1.54) is 36.2 Å². The molecule has 2 amide bonds. The van der Waals surface area contributed by atoms with Gasteiger partial charge in [0.25, 0.3) is 11.8 Å². The molecule has 0 fully saturated rings. The van der Waals surface area contributed by atoms with Crippen LogP contribution in [0.1, 0.15) is 47.1 Å². The maximum absolute atomic E-state index is 14.2. The van der Waals surface area contributed by atoms with Gasteiger partial charge in [0.05, 0.1) is 24.8 Å². The number of ether oxygens (including phenoxy) is 1. The van der Waals surface area contributed by atoms with Crippen LogP contribution in [0.15, 0.2) is 36.5 Å². The van der Waals surface area contributed by atoms with Gasteiger partial charge in [0.1, 0.15) is 23.6 Å². The molecule has 186 valence electrons. The van der Waals surface area contributed by atoms with Gasteiger partial charge in [-0.15, -0.1) is 0 Å². The van der Waals surface area contributed by atoms with Crippen molar-refractivity contribution < 1.29 is 28.9 Å². The van der Waals surface area contributed by atoms with E-state index >= 15 is 0 Å². The van der Waals surface area contributed by atoms with Crippen molar-refractivity contribution in [1.29, 1.82) is 0 Å². The van der Waals surface area contributed by atoms with Crippen LogP contribution >= 0.6 is 0 Å². The molecule has 1 aromatic carbocycles. The lowest BCUT2D eigenvalue weighted by molar-refractivity contribution is 0.0312. The Labute approximate surface area is 204 Å². The molecule has 0 spiro atoms. The number of aliphatic hydroxyl groups is 2. The third-order valence-corrected chi connectivity index (χ3v) is 5.85. The highest BCUT2D eigenvalue weighted by Crippen LogP contribution is 2.27. The van der Waals surface area contributed by atoms with Crippen molar-refractivity contribution in [2.45, 2.75) is 39.0 Å². The summed E-state index contributed by atoms with van der Waals surface area (Å²) in [6.07, 6.45) is 0.0271. The van der Waals surface area contributed by atoms with Gasteiger partial charge in [0.2, 0.25) is 5.88 Å². The van der Waals surface area contributed by atoms with Crippen LogP contribution in [0.4, 0.5) is 4.39 Å². The maximum Gasteiger partial charge on any atom is 0.259 e. The minimum atomic E-state index is -0.845. The van der Waals surface area contributed by atoms with Gasteiger partial charge in [-0.3, -0.25) is 9.59 Å². The van der Waals surface area contributed by atoms with Gasteiger partial charge in [-0.2, -0.15) is 0 Å². The molecule has 2 N–H and O–H groups in total. The summed E-state index contributed by atoms with van der Waals surface area (Å²) in [6, 6.07) is 6.83. The fraction of sp³-hybridized carbons (Fsp3) is 0.423. The summed E-state index contributed by atoms with van der Waals surface area (Å²) < 4.78 is 20.3. The van der Waals surface area contributed by atoms with E-state index in [2.05, 4.69) is 16.8 Å². The van der Waals surface area contributed by atoms with E-state index in [0.717, 1.165) is 0 Å². The summed E-state index contributed by atoms with van der Waals surface area (Å²) in [6.45, 7) is 5.28. The third-order valence-electron chi connectivity index (χ3n) is 5.85. The zero-order valence-electron chi connectivity index (χ0n) is 20.2. The van der Waals surface area contributed by atoms with Gasteiger partial charge in [0.15, 0.2) is 0 Å². The number of carbonyl (C=O) groups is 2. The van der Waals surface area contributed by atoms with Gasteiger partial charge in [-0.25, -0.2) is 9.37 Å². The first-order valence-corrected chi connectivity index (χ1v) is 11.4. The second-order valence-electron chi connectivity index (χ2n) is 8.81. The Bertz CT molecular complexity index is 1140. The Hall–Kier alpha value is -3.48. The summed E-state index contributed by atoms with van der Waals surface area (Å²) >= 11 is 0. The molecule has 8 nitrogen and oxygen atoms in total. The van der Waals surface area contributed by atoms with Gasteiger partial charge in [-0.05, 0) is 32.0 Å². The molecule has 0 radical (unpaired) electrons. The molecule has 1 aliphatic heterocycles. The number of halogens is 1. The minimum absolute atomic E-state index is 0.0425. The number of rotatable bonds is 5. The molecular formula is C26H30FN3O5. The average molecular weight is 484 g/mol. The van der Waals surface area contributed by atoms with E-state index < -0.39 is 30.0 Å². The Balaban J connectivity index is 1.96. The van der Waals surface area contributed by atoms with Crippen LogP contribution in [0.25, 0.3) is 0 Å². The van der Waals surface area contributed by atoms with E-state index in [0.29, 0.717) is 5.56 Å². The monoisotopic (exact) mass is 483 g/mol. The van der Waals surface area contributed by atoms with Crippen LogP contribution in [0.5, 0.6) is 5.88 Å². The molecular weight excluding hydrogens is 453 g/mol. The number of hydrogen-bond acceptors (Lipinski definition) is 6. The first-order chi connectivity index (χ1) is 16.6. The molecule has 0 bridgehead atoms. The molecule has 4 atom stereocenters. The number of likely N-dealkylation sites (N-methyl/N-ethyl adjacent to an activating group) is 1. The number of carbonyl (C=O) groups excluding carboxylic acids is 2. The van der Waals surface area contributed by atoms with Crippen LogP contribution in [-0.2, 0) is 0 Å². The summed E-state index contributed by atoms with van der Waals surface area (Å²) in [5.41, 5.74) is 0.553. The van der Waals surface area contributed by atoms with Crippen molar-refractivity contribution in [3.63, 3.8) is 0 Å². The van der Waals surface area contributed by atoms with E-state index in [-0.39, 0.29) is 48.5 Å². The van der Waals surface area contributed by atoms with Crippen molar-refractivity contribution >= 4 is 11.8 Å². The van der Waals surface area contributed by atoms with Crippen molar-refractivity contribution in [3.05, 3.63) is 59.0 Å². The van der Waals surface area contributed by atoms with E-state index in [1.54, 1.807) is 31.0 Å². The van der Waals surface area contributed by atoms with Crippen LogP contribution in [-0.4, -0.2) is 81.8 Å². The Morgan fingerprint density at radius 1 is 1.37 bits per heavy atom. The smallest absolute Gasteiger partial charge is 0.259 e. The predicted molar refractivity (Wildman–Crippen MR) is 127 cm³/mol. The summed E-state index contributed by atoms with van der Waals surface area (Å²) in [5.74, 6) is 3.76. The molecule has 0 saturated carbocycles. The number of nitrogens with zero attached hydrogens (tertiary/aromatic N) is 3. The fourth-order valence-electron chi connectivity index (χ4n) is 3.77.